The predicted molar refractivity (Wildman–Crippen MR) is 112 cm³/mol. The molecule has 0 N–H and O–H groups in total. The van der Waals surface area contributed by atoms with E-state index in [2.05, 4.69) is 26.9 Å². The molecule has 6 heteroatoms. The quantitative estimate of drug-likeness (QED) is 0.821. The zero-order valence-electron chi connectivity index (χ0n) is 17.1. The highest BCUT2D eigenvalue weighted by Gasteiger charge is 2.25. The van der Waals surface area contributed by atoms with Crippen molar-refractivity contribution >= 4 is 17.7 Å². The smallest absolute Gasteiger partial charge is 0.254 e. The van der Waals surface area contributed by atoms with E-state index in [4.69, 9.17) is 4.98 Å². The van der Waals surface area contributed by atoms with E-state index < -0.39 is 0 Å². The van der Waals surface area contributed by atoms with Gasteiger partial charge in [-0.3, -0.25) is 4.79 Å². The second-order valence-corrected chi connectivity index (χ2v) is 7.96. The minimum absolute atomic E-state index is 0.137. The van der Waals surface area contributed by atoms with Crippen molar-refractivity contribution < 1.29 is 4.79 Å². The SMILES string of the molecule is Cc1ccc(C)c(C(=O)N2CCN(c3cc(C)nc(N4CCCC4)n3)CC2)c1. The van der Waals surface area contributed by atoms with Gasteiger partial charge in [0.15, 0.2) is 0 Å². The number of amides is 1. The summed E-state index contributed by atoms with van der Waals surface area (Å²) in [6.07, 6.45) is 2.43. The number of hydrogen-bond acceptors (Lipinski definition) is 5. The highest BCUT2D eigenvalue weighted by atomic mass is 16.2. The first-order chi connectivity index (χ1) is 13.5. The lowest BCUT2D eigenvalue weighted by Gasteiger charge is -2.36. The Morgan fingerprint density at radius 1 is 0.857 bits per heavy atom. The van der Waals surface area contributed by atoms with Crippen LogP contribution in [-0.4, -0.2) is 60.0 Å². The maximum atomic E-state index is 13.0. The highest BCUT2D eigenvalue weighted by Crippen LogP contribution is 2.22. The summed E-state index contributed by atoms with van der Waals surface area (Å²) in [4.78, 5) is 29.0. The topological polar surface area (TPSA) is 52.6 Å². The lowest BCUT2D eigenvalue weighted by atomic mass is 10.0. The van der Waals surface area contributed by atoms with Crippen LogP contribution in [0.3, 0.4) is 0 Å². The molecular formula is C22H29N5O. The standard InChI is InChI=1S/C22H29N5O/c1-16-6-7-17(2)19(14-16)21(28)26-12-10-25(11-13-26)20-15-18(3)23-22(24-20)27-8-4-5-9-27/h6-7,14-15H,4-5,8-13H2,1-3H3. The summed E-state index contributed by atoms with van der Waals surface area (Å²) in [5, 5.41) is 0. The fourth-order valence-corrected chi connectivity index (χ4v) is 4.03. The zero-order valence-corrected chi connectivity index (χ0v) is 17.1. The number of aromatic nitrogens is 2. The summed E-state index contributed by atoms with van der Waals surface area (Å²) >= 11 is 0. The van der Waals surface area contributed by atoms with Crippen LogP contribution in [0, 0.1) is 20.8 Å². The Balaban J connectivity index is 1.45. The van der Waals surface area contributed by atoms with Crippen molar-refractivity contribution in [1.82, 2.24) is 14.9 Å². The molecule has 4 rings (SSSR count). The largest absolute Gasteiger partial charge is 0.353 e. The van der Waals surface area contributed by atoms with Gasteiger partial charge < -0.3 is 14.7 Å². The summed E-state index contributed by atoms with van der Waals surface area (Å²) in [5.74, 6) is 1.96. The molecule has 2 aliphatic heterocycles. The number of aryl methyl sites for hydroxylation is 3. The monoisotopic (exact) mass is 379 g/mol. The van der Waals surface area contributed by atoms with Crippen LogP contribution in [0.5, 0.6) is 0 Å². The van der Waals surface area contributed by atoms with Gasteiger partial charge in [-0.05, 0) is 45.2 Å². The number of nitrogens with zero attached hydrogens (tertiary/aromatic N) is 5. The van der Waals surface area contributed by atoms with Crippen LogP contribution in [-0.2, 0) is 0 Å². The van der Waals surface area contributed by atoms with Crippen molar-refractivity contribution in [3.05, 3.63) is 46.6 Å². The van der Waals surface area contributed by atoms with E-state index in [1.807, 2.05) is 37.8 Å². The van der Waals surface area contributed by atoms with Crippen molar-refractivity contribution in [2.75, 3.05) is 49.1 Å². The molecule has 3 heterocycles. The normalized spacial score (nSPS) is 17.3. The second-order valence-electron chi connectivity index (χ2n) is 7.96. The van der Waals surface area contributed by atoms with Gasteiger partial charge in [-0.25, -0.2) is 4.98 Å². The molecule has 1 aromatic heterocycles. The second kappa shape index (κ2) is 7.78. The molecule has 0 unspecified atom stereocenters. The van der Waals surface area contributed by atoms with Gasteiger partial charge >= 0.3 is 0 Å². The van der Waals surface area contributed by atoms with E-state index in [0.717, 1.165) is 60.3 Å². The van der Waals surface area contributed by atoms with Gasteiger partial charge in [-0.1, -0.05) is 17.7 Å². The molecule has 148 valence electrons. The van der Waals surface area contributed by atoms with Crippen molar-refractivity contribution in [2.24, 2.45) is 0 Å². The minimum atomic E-state index is 0.137. The number of piperazine rings is 1. The molecule has 0 atom stereocenters. The van der Waals surface area contributed by atoms with E-state index in [1.54, 1.807) is 0 Å². The summed E-state index contributed by atoms with van der Waals surface area (Å²) in [5.41, 5.74) is 3.99. The van der Waals surface area contributed by atoms with Gasteiger partial charge in [0.05, 0.1) is 0 Å². The van der Waals surface area contributed by atoms with E-state index in [9.17, 15) is 4.79 Å². The van der Waals surface area contributed by atoms with Crippen LogP contribution in [0.25, 0.3) is 0 Å². The molecule has 28 heavy (non-hydrogen) atoms. The minimum Gasteiger partial charge on any atom is -0.353 e. The summed E-state index contributed by atoms with van der Waals surface area (Å²) in [7, 11) is 0. The molecule has 2 fully saturated rings. The van der Waals surface area contributed by atoms with Crippen LogP contribution >= 0.6 is 0 Å². The maximum Gasteiger partial charge on any atom is 0.254 e. The number of rotatable bonds is 3. The zero-order chi connectivity index (χ0) is 19.7. The average Bonchev–Trinajstić information content (AvgIpc) is 3.24. The van der Waals surface area contributed by atoms with E-state index >= 15 is 0 Å². The summed E-state index contributed by atoms with van der Waals surface area (Å²) in [6, 6.07) is 8.14. The number of anilines is 2. The number of carbonyl (C=O) groups is 1. The van der Waals surface area contributed by atoms with E-state index in [0.29, 0.717) is 13.1 Å². The Bertz CT molecular complexity index is 867. The van der Waals surface area contributed by atoms with Crippen LogP contribution in [0.15, 0.2) is 24.3 Å². The molecule has 1 amide bonds. The van der Waals surface area contributed by atoms with Crippen molar-refractivity contribution in [1.29, 1.82) is 0 Å². The first-order valence-corrected chi connectivity index (χ1v) is 10.2. The highest BCUT2D eigenvalue weighted by molar-refractivity contribution is 5.96. The third-order valence-corrected chi connectivity index (χ3v) is 5.73. The van der Waals surface area contributed by atoms with Gasteiger partial charge in [0.2, 0.25) is 5.95 Å². The lowest BCUT2D eigenvalue weighted by molar-refractivity contribution is 0.0745. The fourth-order valence-electron chi connectivity index (χ4n) is 4.03. The van der Waals surface area contributed by atoms with Crippen molar-refractivity contribution in [3.8, 4) is 0 Å². The molecular weight excluding hydrogens is 350 g/mol. The molecule has 0 radical (unpaired) electrons. The van der Waals surface area contributed by atoms with Crippen LogP contribution in [0.4, 0.5) is 11.8 Å². The van der Waals surface area contributed by atoms with Gasteiger partial charge in [0, 0.05) is 56.6 Å². The maximum absolute atomic E-state index is 13.0. The van der Waals surface area contributed by atoms with Crippen LogP contribution in [0.2, 0.25) is 0 Å². The van der Waals surface area contributed by atoms with Gasteiger partial charge in [-0.2, -0.15) is 4.98 Å². The first kappa shape index (κ1) is 18.7. The summed E-state index contributed by atoms with van der Waals surface area (Å²) in [6.45, 7) is 11.2. The lowest BCUT2D eigenvalue weighted by Crippen LogP contribution is -2.49. The van der Waals surface area contributed by atoms with Crippen molar-refractivity contribution in [3.63, 3.8) is 0 Å². The molecule has 2 aliphatic rings. The Hall–Kier alpha value is -2.63. The molecule has 0 bridgehead atoms. The average molecular weight is 380 g/mol. The first-order valence-electron chi connectivity index (χ1n) is 10.2. The molecule has 2 saturated heterocycles. The predicted octanol–water partition coefficient (Wildman–Crippen LogP) is 2.96. The molecule has 1 aromatic carbocycles. The van der Waals surface area contributed by atoms with Gasteiger partial charge in [0.1, 0.15) is 5.82 Å². The Morgan fingerprint density at radius 3 is 2.29 bits per heavy atom. The van der Waals surface area contributed by atoms with Gasteiger partial charge in [-0.15, -0.1) is 0 Å². The van der Waals surface area contributed by atoms with E-state index in [-0.39, 0.29) is 5.91 Å². The number of hydrogen-bond donors (Lipinski definition) is 0. The third kappa shape index (κ3) is 3.81. The van der Waals surface area contributed by atoms with Gasteiger partial charge in [0.25, 0.3) is 5.91 Å². The molecule has 0 aliphatic carbocycles. The molecule has 0 spiro atoms. The third-order valence-electron chi connectivity index (χ3n) is 5.73. The van der Waals surface area contributed by atoms with Crippen LogP contribution < -0.4 is 9.80 Å². The molecule has 0 saturated carbocycles. The Labute approximate surface area is 167 Å². The Kier molecular flexibility index (Phi) is 5.20. The number of benzene rings is 1. The molecule has 6 nitrogen and oxygen atoms in total. The molecule has 2 aromatic rings. The Morgan fingerprint density at radius 2 is 1.57 bits per heavy atom. The number of carbonyl (C=O) groups excluding carboxylic acids is 1. The van der Waals surface area contributed by atoms with E-state index in [1.165, 1.54) is 12.8 Å². The van der Waals surface area contributed by atoms with Crippen LogP contribution in [0.1, 0.15) is 40.0 Å². The summed E-state index contributed by atoms with van der Waals surface area (Å²) < 4.78 is 0. The fraction of sp³-hybridized carbons (Fsp3) is 0.500. The van der Waals surface area contributed by atoms with Crippen molar-refractivity contribution in [2.45, 2.75) is 33.6 Å².